The molecule has 0 saturated carbocycles. The molecule has 8 nitrogen and oxygen atoms in total. The van der Waals surface area contributed by atoms with Crippen molar-refractivity contribution in [2.24, 2.45) is 5.11 Å². The first kappa shape index (κ1) is 22.8. The Bertz CT molecular complexity index is 1380. The Kier molecular flexibility index (Phi) is 6.59. The van der Waals surface area contributed by atoms with Crippen LogP contribution in [0.4, 0.5) is 0 Å². The van der Waals surface area contributed by atoms with E-state index in [4.69, 9.17) is 5.53 Å². The first-order valence-corrected chi connectivity index (χ1v) is 11.9. The maximum Gasteiger partial charge on any atom is 0.249 e. The van der Waals surface area contributed by atoms with Gasteiger partial charge in [-0.05, 0) is 39.9 Å². The lowest BCUT2D eigenvalue weighted by Crippen LogP contribution is -2.45. The maximum absolute atomic E-state index is 11.8. The molecule has 0 radical (unpaired) electrons. The molecule has 5 rings (SSSR count). The van der Waals surface area contributed by atoms with Crippen LogP contribution in [0.25, 0.3) is 43.7 Å². The number of benzene rings is 2. The molecule has 2 aromatic heterocycles. The van der Waals surface area contributed by atoms with Crippen LogP contribution in [0.5, 0.6) is 0 Å². The lowest BCUT2D eigenvalue weighted by Gasteiger charge is -2.34. The van der Waals surface area contributed by atoms with Crippen LogP contribution in [0.2, 0.25) is 0 Å². The number of carbonyl (C=O) groups excluding carboxylic acids is 1. The van der Waals surface area contributed by atoms with E-state index in [1.807, 2.05) is 24.5 Å². The van der Waals surface area contributed by atoms with Crippen LogP contribution >= 0.6 is 0 Å². The number of amides is 1. The van der Waals surface area contributed by atoms with E-state index >= 15 is 0 Å². The van der Waals surface area contributed by atoms with Gasteiger partial charge in [0.2, 0.25) is 5.91 Å². The molecule has 4 aromatic rings. The van der Waals surface area contributed by atoms with Crippen molar-refractivity contribution in [2.75, 3.05) is 32.7 Å². The van der Waals surface area contributed by atoms with Gasteiger partial charge in [-0.1, -0.05) is 55.5 Å². The monoisotopic (exact) mass is 465 g/mol. The molecule has 1 aliphatic heterocycles. The summed E-state index contributed by atoms with van der Waals surface area (Å²) in [6.07, 6.45) is 3.82. The molecule has 176 valence electrons. The van der Waals surface area contributed by atoms with E-state index in [2.05, 4.69) is 67.0 Å². The zero-order valence-corrected chi connectivity index (χ0v) is 19.7. The fourth-order valence-electron chi connectivity index (χ4n) is 4.62. The van der Waals surface area contributed by atoms with Crippen LogP contribution in [0.15, 0.2) is 72.1 Å². The standard InChI is InChI=1S/C27H27N7O/c1-2-33-11-13-34(14-12-33)18-19-3-5-20(6-4-19)23-15-24-25(17-30-26(24)29-16-23)21-7-9-22(10-8-21)27(35)31-32-28/h3-10,15-17H,2,11-14,18H2,1H3,(H,29,30). The van der Waals surface area contributed by atoms with E-state index < -0.39 is 5.91 Å². The highest BCUT2D eigenvalue weighted by molar-refractivity contribution is 5.98. The molecule has 0 spiro atoms. The molecule has 1 saturated heterocycles. The molecule has 0 unspecified atom stereocenters. The molecule has 0 aliphatic carbocycles. The van der Waals surface area contributed by atoms with Crippen LogP contribution < -0.4 is 0 Å². The van der Waals surface area contributed by atoms with E-state index in [9.17, 15) is 4.79 Å². The van der Waals surface area contributed by atoms with E-state index in [0.717, 1.165) is 72.6 Å². The quantitative estimate of drug-likeness (QED) is 0.231. The average Bonchev–Trinajstić information content (AvgIpc) is 3.33. The predicted molar refractivity (Wildman–Crippen MR) is 138 cm³/mol. The van der Waals surface area contributed by atoms with Crippen molar-refractivity contribution in [3.05, 3.63) is 88.6 Å². The Morgan fingerprint density at radius 1 is 1.00 bits per heavy atom. The van der Waals surface area contributed by atoms with Gasteiger partial charge in [0.1, 0.15) is 5.65 Å². The molecule has 8 heteroatoms. The summed E-state index contributed by atoms with van der Waals surface area (Å²) in [5.74, 6) is -0.589. The number of pyridine rings is 1. The number of likely N-dealkylation sites (N-methyl/N-ethyl adjacent to an activating group) is 1. The van der Waals surface area contributed by atoms with Crippen LogP contribution in [-0.2, 0) is 6.54 Å². The summed E-state index contributed by atoms with van der Waals surface area (Å²) in [7, 11) is 0. The molecule has 2 aromatic carbocycles. The van der Waals surface area contributed by atoms with Crippen molar-refractivity contribution in [3.8, 4) is 22.3 Å². The predicted octanol–water partition coefficient (Wildman–Crippen LogP) is 5.48. The number of hydrogen-bond donors (Lipinski definition) is 1. The highest BCUT2D eigenvalue weighted by Gasteiger charge is 2.16. The number of hydrogen-bond acceptors (Lipinski definition) is 4. The van der Waals surface area contributed by atoms with Crippen molar-refractivity contribution < 1.29 is 4.79 Å². The minimum atomic E-state index is -0.589. The minimum Gasteiger partial charge on any atom is -0.346 e. The molecule has 1 aliphatic rings. The van der Waals surface area contributed by atoms with Gasteiger partial charge in [0.15, 0.2) is 0 Å². The summed E-state index contributed by atoms with van der Waals surface area (Å²) >= 11 is 0. The number of piperazine rings is 1. The summed E-state index contributed by atoms with van der Waals surface area (Å²) < 4.78 is 0. The summed E-state index contributed by atoms with van der Waals surface area (Å²) in [4.78, 5) is 27.2. The summed E-state index contributed by atoms with van der Waals surface area (Å²) in [5.41, 5.74) is 15.1. The van der Waals surface area contributed by atoms with Crippen LogP contribution in [0.3, 0.4) is 0 Å². The molecule has 35 heavy (non-hydrogen) atoms. The number of azide groups is 1. The summed E-state index contributed by atoms with van der Waals surface area (Å²) in [6.45, 7) is 8.86. The first-order chi connectivity index (χ1) is 17.1. The number of rotatable bonds is 6. The van der Waals surface area contributed by atoms with Crippen LogP contribution in [-0.4, -0.2) is 58.4 Å². The second-order valence-corrected chi connectivity index (χ2v) is 8.80. The molecule has 1 fully saturated rings. The average molecular weight is 466 g/mol. The number of nitrogens with zero attached hydrogens (tertiary/aromatic N) is 6. The van der Waals surface area contributed by atoms with Gasteiger partial charge in [-0.3, -0.25) is 9.69 Å². The molecule has 0 atom stereocenters. The summed E-state index contributed by atoms with van der Waals surface area (Å²) in [6, 6.07) is 18.0. The third-order valence-corrected chi connectivity index (χ3v) is 6.72. The lowest BCUT2D eigenvalue weighted by molar-refractivity contribution is 0.100. The van der Waals surface area contributed by atoms with Gasteiger partial charge < -0.3 is 9.88 Å². The van der Waals surface area contributed by atoms with E-state index in [1.54, 1.807) is 12.1 Å². The van der Waals surface area contributed by atoms with Gasteiger partial charge in [0.05, 0.1) is 0 Å². The lowest BCUT2D eigenvalue weighted by atomic mass is 10.0. The smallest absolute Gasteiger partial charge is 0.249 e. The number of fused-ring (bicyclic) bond motifs is 1. The van der Waals surface area contributed by atoms with Crippen molar-refractivity contribution in [3.63, 3.8) is 0 Å². The van der Waals surface area contributed by atoms with Gasteiger partial charge in [-0.25, -0.2) is 4.98 Å². The van der Waals surface area contributed by atoms with Crippen LogP contribution in [0.1, 0.15) is 22.8 Å². The van der Waals surface area contributed by atoms with Gasteiger partial charge >= 0.3 is 0 Å². The van der Waals surface area contributed by atoms with Crippen molar-refractivity contribution in [1.29, 1.82) is 0 Å². The fraction of sp³-hybridized carbons (Fsp3) is 0.259. The summed E-state index contributed by atoms with van der Waals surface area (Å²) in [5, 5.41) is 4.16. The topological polar surface area (TPSA) is 101 Å². The molecular weight excluding hydrogens is 438 g/mol. The SMILES string of the molecule is CCN1CCN(Cc2ccc(-c3cnc4[nH]cc(-c5ccc(C(=O)N=[N+]=[N-])cc5)c4c3)cc2)CC1. The number of nitrogens with one attached hydrogen (secondary N) is 1. The Labute approximate surface area is 203 Å². The van der Waals surface area contributed by atoms with Crippen LogP contribution in [0, 0.1) is 0 Å². The third-order valence-electron chi connectivity index (χ3n) is 6.72. The maximum atomic E-state index is 11.8. The highest BCUT2D eigenvalue weighted by atomic mass is 16.1. The third kappa shape index (κ3) is 4.95. The Morgan fingerprint density at radius 2 is 1.69 bits per heavy atom. The number of H-pyrrole nitrogens is 1. The first-order valence-electron chi connectivity index (χ1n) is 11.9. The van der Waals surface area contributed by atoms with Gasteiger partial charge in [0, 0.05) is 72.1 Å². The van der Waals surface area contributed by atoms with Crippen molar-refractivity contribution in [1.82, 2.24) is 19.8 Å². The normalized spacial score (nSPS) is 14.7. The Morgan fingerprint density at radius 3 is 2.37 bits per heavy atom. The number of aromatic nitrogens is 2. The second-order valence-electron chi connectivity index (χ2n) is 8.80. The molecule has 0 bridgehead atoms. The second kappa shape index (κ2) is 10.1. The molecule has 1 N–H and O–H groups in total. The zero-order valence-electron chi connectivity index (χ0n) is 19.7. The Balaban J connectivity index is 1.35. The Hall–Kier alpha value is -3.97. The zero-order chi connectivity index (χ0) is 24.2. The molecular formula is C27H27N7O. The largest absolute Gasteiger partial charge is 0.346 e. The molecule has 3 heterocycles. The minimum absolute atomic E-state index is 0.359. The van der Waals surface area contributed by atoms with Gasteiger partial charge in [0.25, 0.3) is 0 Å². The molecule has 1 amide bonds. The highest BCUT2D eigenvalue weighted by Crippen LogP contribution is 2.31. The van der Waals surface area contributed by atoms with E-state index in [-0.39, 0.29) is 0 Å². The van der Waals surface area contributed by atoms with E-state index in [1.165, 1.54) is 5.56 Å². The fourth-order valence-corrected chi connectivity index (χ4v) is 4.62. The van der Waals surface area contributed by atoms with Crippen molar-refractivity contribution in [2.45, 2.75) is 13.5 Å². The van der Waals surface area contributed by atoms with Crippen molar-refractivity contribution >= 4 is 16.9 Å². The van der Waals surface area contributed by atoms with Gasteiger partial charge in [-0.15, -0.1) is 0 Å². The number of aromatic amines is 1. The van der Waals surface area contributed by atoms with E-state index in [0.29, 0.717) is 5.56 Å². The van der Waals surface area contributed by atoms with Gasteiger partial charge in [-0.2, -0.15) is 0 Å². The number of carbonyl (C=O) groups is 1.